The van der Waals surface area contributed by atoms with Gasteiger partial charge in [0.1, 0.15) is 18.0 Å². The molecule has 0 spiro atoms. The summed E-state index contributed by atoms with van der Waals surface area (Å²) in [6, 6.07) is 10.3. The van der Waals surface area contributed by atoms with Gasteiger partial charge in [-0.25, -0.2) is 14.6 Å². The molecule has 0 amide bonds. The minimum absolute atomic E-state index is 0.137. The van der Waals surface area contributed by atoms with Crippen molar-refractivity contribution in [3.05, 3.63) is 71.3 Å². The molecule has 0 radical (unpaired) electrons. The highest BCUT2D eigenvalue weighted by Gasteiger charge is 2.36. The summed E-state index contributed by atoms with van der Waals surface area (Å²) >= 11 is 0. The number of allylic oxidation sites excluding steroid dienone is 1. The molecule has 28 heavy (non-hydrogen) atoms. The number of ether oxygens (including phenoxy) is 1. The van der Waals surface area contributed by atoms with Crippen LogP contribution in [0.4, 0.5) is 0 Å². The van der Waals surface area contributed by atoms with Crippen molar-refractivity contribution in [1.29, 1.82) is 5.26 Å². The van der Waals surface area contributed by atoms with Crippen molar-refractivity contribution in [1.82, 2.24) is 19.7 Å². The number of nitrogens with zero attached hydrogens (tertiary/aromatic N) is 5. The van der Waals surface area contributed by atoms with Gasteiger partial charge in [-0.05, 0) is 24.5 Å². The molecule has 0 bridgehead atoms. The number of hydrogen-bond donors (Lipinski definition) is 1. The van der Waals surface area contributed by atoms with Gasteiger partial charge in [0.2, 0.25) is 11.8 Å². The zero-order valence-electron chi connectivity index (χ0n) is 15.8. The Morgan fingerprint density at radius 2 is 1.86 bits per heavy atom. The maximum Gasteiger partial charge on any atom is 0.224 e. The number of nitrogens with two attached hydrogens (primary N) is 1. The third-order valence-corrected chi connectivity index (χ3v) is 4.96. The predicted molar refractivity (Wildman–Crippen MR) is 104 cm³/mol. The molecule has 7 nitrogen and oxygen atoms in total. The molecule has 0 saturated carbocycles. The molecule has 3 heterocycles. The van der Waals surface area contributed by atoms with E-state index in [1.54, 1.807) is 17.1 Å². The molecule has 3 aromatic rings. The van der Waals surface area contributed by atoms with Crippen LogP contribution in [0.3, 0.4) is 0 Å². The summed E-state index contributed by atoms with van der Waals surface area (Å²) in [5.41, 5.74) is 11.3. The number of benzene rings is 1. The highest BCUT2D eigenvalue weighted by Crippen LogP contribution is 2.44. The second-order valence-electron chi connectivity index (χ2n) is 6.51. The first-order chi connectivity index (χ1) is 13.7. The molecule has 2 N–H and O–H groups in total. The first-order valence-electron chi connectivity index (χ1n) is 9.20. The zero-order valence-corrected chi connectivity index (χ0v) is 15.8. The molecule has 0 aliphatic carbocycles. The number of aromatic nitrogens is 4. The van der Waals surface area contributed by atoms with E-state index >= 15 is 0 Å². The second-order valence-corrected chi connectivity index (χ2v) is 6.51. The zero-order chi connectivity index (χ0) is 19.7. The number of fused-ring (bicyclic) bond motifs is 1. The maximum atomic E-state index is 9.77. The van der Waals surface area contributed by atoms with E-state index in [9.17, 15) is 5.26 Å². The quantitative estimate of drug-likeness (QED) is 0.755. The monoisotopic (exact) mass is 372 g/mol. The van der Waals surface area contributed by atoms with Crippen LogP contribution in [0.25, 0.3) is 11.1 Å². The van der Waals surface area contributed by atoms with Gasteiger partial charge in [-0.2, -0.15) is 10.4 Å². The summed E-state index contributed by atoms with van der Waals surface area (Å²) < 4.78 is 7.61. The maximum absolute atomic E-state index is 9.77. The van der Waals surface area contributed by atoms with Crippen molar-refractivity contribution in [2.45, 2.75) is 32.7 Å². The third-order valence-electron chi connectivity index (χ3n) is 4.96. The summed E-state index contributed by atoms with van der Waals surface area (Å²) in [4.78, 5) is 8.13. The largest absolute Gasteiger partial charge is 0.422 e. The molecule has 2 aromatic heterocycles. The highest BCUT2D eigenvalue weighted by atomic mass is 16.5. The van der Waals surface area contributed by atoms with Crippen LogP contribution >= 0.6 is 0 Å². The minimum Gasteiger partial charge on any atom is -0.422 e. The third kappa shape index (κ3) is 2.79. The Labute approximate surface area is 163 Å². The van der Waals surface area contributed by atoms with E-state index in [1.165, 1.54) is 6.33 Å². The minimum atomic E-state index is -0.301. The lowest BCUT2D eigenvalue weighted by Crippen LogP contribution is -2.22. The van der Waals surface area contributed by atoms with E-state index < -0.39 is 0 Å². The lowest BCUT2D eigenvalue weighted by Gasteiger charge is -2.25. The van der Waals surface area contributed by atoms with Gasteiger partial charge in [0, 0.05) is 24.5 Å². The Kier molecular flexibility index (Phi) is 4.53. The first kappa shape index (κ1) is 17.7. The Bertz CT molecular complexity index is 1080. The summed E-state index contributed by atoms with van der Waals surface area (Å²) in [5.74, 6) is 0.462. The molecule has 0 saturated heterocycles. The van der Waals surface area contributed by atoms with Crippen LogP contribution in [0.5, 0.6) is 5.88 Å². The molecule has 4 rings (SSSR count). The fraction of sp³-hybridized carbons (Fsp3) is 0.238. The number of hydrogen-bond acceptors (Lipinski definition) is 6. The number of aryl methyl sites for hydroxylation is 2. The predicted octanol–water partition coefficient (Wildman–Crippen LogP) is 3.14. The van der Waals surface area contributed by atoms with Crippen molar-refractivity contribution in [3.63, 3.8) is 0 Å². The molecule has 140 valence electrons. The van der Waals surface area contributed by atoms with Gasteiger partial charge < -0.3 is 10.5 Å². The summed E-state index contributed by atoms with van der Waals surface area (Å²) in [6.45, 7) is 4.71. The van der Waals surface area contributed by atoms with Gasteiger partial charge >= 0.3 is 0 Å². The van der Waals surface area contributed by atoms with Gasteiger partial charge in [0.25, 0.3) is 0 Å². The molecular formula is C21H20N6O. The van der Waals surface area contributed by atoms with Gasteiger partial charge in [0.15, 0.2) is 0 Å². The number of rotatable bonds is 4. The van der Waals surface area contributed by atoms with E-state index in [0.29, 0.717) is 18.0 Å². The Balaban J connectivity index is 1.84. The molecule has 1 aromatic carbocycles. The van der Waals surface area contributed by atoms with Crippen LogP contribution in [0, 0.1) is 11.3 Å². The standard InChI is InChI=1S/C21H20N6O/c1-3-17-19-18(16(9-22)20(23)28-21(19)27(4-2)26-17)14-7-5-13(6-8-14)15-10-24-12-25-11-15/h5-8,10-12,18H,3-4,23H2,1-2H3. The van der Waals surface area contributed by atoms with Gasteiger partial charge in [0.05, 0.1) is 17.2 Å². The van der Waals surface area contributed by atoms with Crippen molar-refractivity contribution >= 4 is 0 Å². The van der Waals surface area contributed by atoms with Crippen LogP contribution in [0.15, 0.2) is 54.4 Å². The average molecular weight is 372 g/mol. The van der Waals surface area contributed by atoms with Crippen LogP contribution in [0.2, 0.25) is 0 Å². The molecule has 0 fully saturated rings. The fourth-order valence-electron chi connectivity index (χ4n) is 3.60. The molecule has 1 atom stereocenters. The SMILES string of the molecule is CCc1nn(CC)c2c1C(c1ccc(-c3cncnc3)cc1)C(C#N)=C(N)O2. The van der Waals surface area contributed by atoms with E-state index in [-0.39, 0.29) is 11.8 Å². The molecule has 7 heteroatoms. The fourth-order valence-corrected chi connectivity index (χ4v) is 3.60. The van der Waals surface area contributed by atoms with Crippen molar-refractivity contribution in [3.8, 4) is 23.1 Å². The average Bonchev–Trinajstić information content (AvgIpc) is 3.10. The van der Waals surface area contributed by atoms with E-state index in [2.05, 4.69) is 21.1 Å². The summed E-state index contributed by atoms with van der Waals surface area (Å²) in [6.07, 6.45) is 5.79. The highest BCUT2D eigenvalue weighted by molar-refractivity contribution is 5.63. The Morgan fingerprint density at radius 1 is 1.14 bits per heavy atom. The normalized spacial score (nSPS) is 15.7. The summed E-state index contributed by atoms with van der Waals surface area (Å²) in [5, 5.41) is 14.4. The van der Waals surface area contributed by atoms with Gasteiger partial charge in [-0.1, -0.05) is 31.2 Å². The number of nitriles is 1. The first-order valence-corrected chi connectivity index (χ1v) is 9.20. The van der Waals surface area contributed by atoms with Gasteiger partial charge in [-0.3, -0.25) is 0 Å². The van der Waals surface area contributed by atoms with Crippen molar-refractivity contribution < 1.29 is 4.74 Å². The smallest absolute Gasteiger partial charge is 0.224 e. The molecule has 1 aliphatic rings. The van der Waals surface area contributed by atoms with E-state index in [4.69, 9.17) is 10.5 Å². The lowest BCUT2D eigenvalue weighted by molar-refractivity contribution is 0.350. The molecule has 1 aliphatic heterocycles. The van der Waals surface area contributed by atoms with E-state index in [0.717, 1.165) is 34.4 Å². The van der Waals surface area contributed by atoms with Crippen LogP contribution in [0.1, 0.15) is 36.6 Å². The van der Waals surface area contributed by atoms with Crippen LogP contribution in [-0.2, 0) is 13.0 Å². The lowest BCUT2D eigenvalue weighted by atomic mass is 9.83. The van der Waals surface area contributed by atoms with Gasteiger partial charge in [-0.15, -0.1) is 0 Å². The molecular weight excluding hydrogens is 352 g/mol. The second kappa shape index (κ2) is 7.16. The Hall–Kier alpha value is -3.66. The van der Waals surface area contributed by atoms with E-state index in [1.807, 2.05) is 38.1 Å². The van der Waals surface area contributed by atoms with Crippen molar-refractivity contribution in [2.24, 2.45) is 5.73 Å². The van der Waals surface area contributed by atoms with Crippen LogP contribution < -0.4 is 10.5 Å². The van der Waals surface area contributed by atoms with Crippen molar-refractivity contribution in [2.75, 3.05) is 0 Å². The van der Waals surface area contributed by atoms with Crippen LogP contribution in [-0.4, -0.2) is 19.7 Å². The Morgan fingerprint density at radius 3 is 2.46 bits per heavy atom. The molecule has 1 unspecified atom stereocenters. The summed E-state index contributed by atoms with van der Waals surface area (Å²) in [7, 11) is 0. The topological polar surface area (TPSA) is 103 Å².